The molecule has 1 unspecified atom stereocenters. The number of nitrogens with one attached hydrogen (secondary N) is 2. The number of aromatic amines is 1. The van der Waals surface area contributed by atoms with E-state index < -0.39 is 0 Å². The number of rotatable bonds is 4. The molecule has 1 saturated heterocycles. The predicted octanol–water partition coefficient (Wildman–Crippen LogP) is 1.44. The van der Waals surface area contributed by atoms with Crippen LogP contribution in [0.3, 0.4) is 0 Å². The van der Waals surface area contributed by atoms with Gasteiger partial charge >= 0.3 is 0 Å². The van der Waals surface area contributed by atoms with Gasteiger partial charge < -0.3 is 5.32 Å². The van der Waals surface area contributed by atoms with Crippen LogP contribution in [0.15, 0.2) is 17.1 Å². The van der Waals surface area contributed by atoms with E-state index in [1.807, 2.05) is 6.20 Å². The van der Waals surface area contributed by atoms with Gasteiger partial charge in [0.05, 0.1) is 0 Å². The summed E-state index contributed by atoms with van der Waals surface area (Å²) in [4.78, 5) is 16.9. The van der Waals surface area contributed by atoms with E-state index in [0.717, 1.165) is 43.2 Å². The van der Waals surface area contributed by atoms with Crippen LogP contribution < -0.4 is 10.9 Å². The second-order valence-corrected chi connectivity index (χ2v) is 6.15. The molecule has 0 aromatic carbocycles. The standard InChI is InChI=1S/C15H20N4O/c20-14-7-12(4-1-10-5-6-16-8-10)18-15-13(11-2-3-11)9-17-19(14)15/h7,9-11,16-17H,1-6,8H2. The van der Waals surface area contributed by atoms with Gasteiger partial charge in [0.15, 0.2) is 5.65 Å². The summed E-state index contributed by atoms with van der Waals surface area (Å²) in [7, 11) is 0. The Hall–Kier alpha value is -1.62. The maximum atomic E-state index is 12.1. The normalized spacial score (nSPS) is 22.7. The summed E-state index contributed by atoms with van der Waals surface area (Å²) in [5, 5.41) is 6.42. The average molecular weight is 272 g/mol. The van der Waals surface area contributed by atoms with E-state index >= 15 is 0 Å². The highest BCUT2D eigenvalue weighted by molar-refractivity contribution is 5.50. The minimum absolute atomic E-state index is 0.0152. The van der Waals surface area contributed by atoms with Crippen molar-refractivity contribution in [3.05, 3.63) is 33.9 Å². The summed E-state index contributed by atoms with van der Waals surface area (Å²) in [6.07, 6.45) is 7.68. The lowest BCUT2D eigenvalue weighted by Gasteiger charge is -2.07. The molecule has 5 heteroatoms. The Morgan fingerprint density at radius 2 is 2.25 bits per heavy atom. The molecule has 20 heavy (non-hydrogen) atoms. The van der Waals surface area contributed by atoms with E-state index in [-0.39, 0.29) is 5.56 Å². The number of aromatic nitrogens is 3. The van der Waals surface area contributed by atoms with Gasteiger partial charge in [0.25, 0.3) is 5.56 Å². The van der Waals surface area contributed by atoms with Gasteiger partial charge in [0.1, 0.15) is 0 Å². The molecule has 2 aliphatic rings. The van der Waals surface area contributed by atoms with Crippen molar-refractivity contribution in [3.8, 4) is 0 Å². The van der Waals surface area contributed by atoms with Crippen LogP contribution in [0.4, 0.5) is 0 Å². The fourth-order valence-corrected chi connectivity index (χ4v) is 3.18. The minimum atomic E-state index is 0.0152. The Morgan fingerprint density at radius 3 is 3.00 bits per heavy atom. The van der Waals surface area contributed by atoms with Crippen molar-refractivity contribution < 1.29 is 0 Å². The van der Waals surface area contributed by atoms with Crippen LogP contribution >= 0.6 is 0 Å². The first-order chi connectivity index (χ1) is 9.81. The zero-order valence-electron chi connectivity index (χ0n) is 11.6. The molecule has 0 amide bonds. The summed E-state index contributed by atoms with van der Waals surface area (Å²) in [5.41, 5.74) is 3.02. The molecule has 2 fully saturated rings. The molecule has 0 radical (unpaired) electrons. The number of H-pyrrole nitrogens is 1. The second-order valence-electron chi connectivity index (χ2n) is 6.15. The molecule has 4 rings (SSSR count). The highest BCUT2D eigenvalue weighted by Gasteiger charge is 2.27. The van der Waals surface area contributed by atoms with Gasteiger partial charge in [-0.3, -0.25) is 9.89 Å². The van der Waals surface area contributed by atoms with E-state index in [2.05, 4.69) is 10.4 Å². The van der Waals surface area contributed by atoms with Crippen LogP contribution in [-0.2, 0) is 6.42 Å². The summed E-state index contributed by atoms with van der Waals surface area (Å²) in [6, 6.07) is 1.68. The first-order valence-electron chi connectivity index (χ1n) is 7.62. The largest absolute Gasteiger partial charge is 0.316 e. The van der Waals surface area contributed by atoms with E-state index in [9.17, 15) is 4.79 Å². The molecule has 1 aliphatic heterocycles. The number of hydrogen-bond donors (Lipinski definition) is 2. The molecular formula is C15H20N4O. The molecule has 1 aliphatic carbocycles. The predicted molar refractivity (Wildman–Crippen MR) is 77.1 cm³/mol. The van der Waals surface area contributed by atoms with Crippen LogP contribution in [0, 0.1) is 5.92 Å². The zero-order valence-corrected chi connectivity index (χ0v) is 11.6. The quantitative estimate of drug-likeness (QED) is 0.885. The average Bonchev–Trinajstić information content (AvgIpc) is 3.00. The maximum absolute atomic E-state index is 12.1. The Morgan fingerprint density at radius 1 is 1.35 bits per heavy atom. The van der Waals surface area contributed by atoms with Crippen LogP contribution in [0.5, 0.6) is 0 Å². The lowest BCUT2D eigenvalue weighted by molar-refractivity contribution is 0.529. The lowest BCUT2D eigenvalue weighted by Crippen LogP contribution is -2.16. The topological polar surface area (TPSA) is 62.2 Å². The summed E-state index contributed by atoms with van der Waals surface area (Å²) < 4.78 is 1.58. The van der Waals surface area contributed by atoms with Gasteiger partial charge in [-0.1, -0.05) is 0 Å². The first kappa shape index (κ1) is 12.1. The summed E-state index contributed by atoms with van der Waals surface area (Å²) in [5.74, 6) is 1.35. The van der Waals surface area contributed by atoms with E-state index in [4.69, 9.17) is 4.98 Å². The summed E-state index contributed by atoms with van der Waals surface area (Å²) in [6.45, 7) is 2.24. The van der Waals surface area contributed by atoms with Crippen molar-refractivity contribution in [1.29, 1.82) is 0 Å². The summed E-state index contributed by atoms with van der Waals surface area (Å²) >= 11 is 0. The fourth-order valence-electron chi connectivity index (χ4n) is 3.18. The van der Waals surface area contributed by atoms with Crippen LogP contribution in [0.1, 0.15) is 42.9 Å². The molecule has 1 saturated carbocycles. The van der Waals surface area contributed by atoms with Crippen LogP contribution in [-0.4, -0.2) is 27.7 Å². The highest BCUT2D eigenvalue weighted by Crippen LogP contribution is 2.41. The third-order valence-corrected chi connectivity index (χ3v) is 4.57. The highest BCUT2D eigenvalue weighted by atomic mass is 16.1. The molecule has 0 bridgehead atoms. The molecule has 106 valence electrons. The van der Waals surface area contributed by atoms with E-state index in [1.54, 1.807) is 10.6 Å². The molecule has 2 aromatic heterocycles. The Bertz CT molecular complexity index is 677. The Labute approximate surface area is 117 Å². The maximum Gasteiger partial charge on any atom is 0.272 e. The number of hydrogen-bond acceptors (Lipinski definition) is 3. The lowest BCUT2D eigenvalue weighted by atomic mass is 10.0. The second kappa shape index (κ2) is 4.74. The van der Waals surface area contributed by atoms with Crippen LogP contribution in [0.2, 0.25) is 0 Å². The molecule has 1 atom stereocenters. The first-order valence-corrected chi connectivity index (χ1v) is 7.62. The fraction of sp³-hybridized carbons (Fsp3) is 0.600. The molecule has 5 nitrogen and oxygen atoms in total. The van der Waals surface area contributed by atoms with E-state index in [0.29, 0.717) is 5.92 Å². The zero-order chi connectivity index (χ0) is 13.5. The van der Waals surface area contributed by atoms with Crippen molar-refractivity contribution in [2.45, 2.75) is 38.0 Å². The van der Waals surface area contributed by atoms with Crippen molar-refractivity contribution >= 4 is 5.65 Å². The van der Waals surface area contributed by atoms with Crippen LogP contribution in [0.25, 0.3) is 5.65 Å². The smallest absolute Gasteiger partial charge is 0.272 e. The molecular weight excluding hydrogens is 252 g/mol. The Kier molecular flexibility index (Phi) is 2.88. The van der Waals surface area contributed by atoms with Gasteiger partial charge in [-0.05, 0) is 57.0 Å². The molecule has 0 spiro atoms. The number of fused-ring (bicyclic) bond motifs is 1. The van der Waals surface area contributed by atoms with E-state index in [1.165, 1.54) is 24.8 Å². The van der Waals surface area contributed by atoms with Crippen molar-refractivity contribution in [1.82, 2.24) is 19.9 Å². The third kappa shape index (κ3) is 2.16. The van der Waals surface area contributed by atoms with Gasteiger partial charge in [-0.15, -0.1) is 0 Å². The SMILES string of the molecule is O=c1cc(CCC2CCNC2)nc2c(C3CC3)c[nH]n12. The van der Waals surface area contributed by atoms with Gasteiger partial charge in [0.2, 0.25) is 0 Å². The molecule has 2 N–H and O–H groups in total. The number of aryl methyl sites for hydroxylation is 1. The van der Waals surface area contributed by atoms with Crippen molar-refractivity contribution in [2.24, 2.45) is 5.92 Å². The van der Waals surface area contributed by atoms with Gasteiger partial charge in [-0.25, -0.2) is 9.50 Å². The monoisotopic (exact) mass is 272 g/mol. The Balaban J connectivity index is 1.62. The third-order valence-electron chi connectivity index (χ3n) is 4.57. The van der Waals surface area contributed by atoms with Crippen molar-refractivity contribution in [2.75, 3.05) is 13.1 Å². The van der Waals surface area contributed by atoms with Gasteiger partial charge in [0, 0.05) is 23.5 Å². The number of nitrogens with zero attached hydrogens (tertiary/aromatic N) is 2. The van der Waals surface area contributed by atoms with Gasteiger partial charge in [-0.2, -0.15) is 0 Å². The molecule has 3 heterocycles. The van der Waals surface area contributed by atoms with Crippen molar-refractivity contribution in [3.63, 3.8) is 0 Å². The minimum Gasteiger partial charge on any atom is -0.316 e. The molecule has 2 aromatic rings.